The van der Waals surface area contributed by atoms with Gasteiger partial charge in [0.25, 0.3) is 0 Å². The SMILES string of the molecule is CS(=O)(=O)NC(=O)OCCN1CCOCC1. The van der Waals surface area contributed by atoms with Gasteiger partial charge in [0.1, 0.15) is 6.61 Å². The topological polar surface area (TPSA) is 84.9 Å². The van der Waals surface area contributed by atoms with Crippen LogP contribution in [0.4, 0.5) is 4.79 Å². The lowest BCUT2D eigenvalue weighted by Gasteiger charge is -2.26. The molecule has 0 aliphatic carbocycles. The first-order valence-corrected chi connectivity index (χ1v) is 6.81. The van der Waals surface area contributed by atoms with E-state index in [9.17, 15) is 13.2 Å². The first-order valence-electron chi connectivity index (χ1n) is 4.92. The lowest BCUT2D eigenvalue weighted by Crippen LogP contribution is -2.39. The Bertz CT molecular complexity index is 323. The first kappa shape index (κ1) is 13.2. The molecule has 1 heterocycles. The molecule has 0 bridgehead atoms. The molecule has 1 N–H and O–H groups in total. The Morgan fingerprint density at radius 2 is 2.06 bits per heavy atom. The van der Waals surface area contributed by atoms with E-state index in [-0.39, 0.29) is 6.61 Å². The van der Waals surface area contributed by atoms with E-state index in [0.717, 1.165) is 19.3 Å². The molecule has 0 unspecified atom stereocenters. The number of hydrogen-bond donors (Lipinski definition) is 1. The van der Waals surface area contributed by atoms with Crippen LogP contribution in [-0.2, 0) is 19.5 Å². The van der Waals surface area contributed by atoms with Crippen LogP contribution in [0.3, 0.4) is 0 Å². The lowest BCUT2D eigenvalue weighted by molar-refractivity contribution is 0.0285. The molecule has 1 saturated heterocycles. The van der Waals surface area contributed by atoms with Crippen molar-refractivity contribution < 1.29 is 22.7 Å². The van der Waals surface area contributed by atoms with Crippen molar-refractivity contribution in [3.63, 3.8) is 0 Å². The third kappa shape index (κ3) is 5.89. The molecule has 1 fully saturated rings. The van der Waals surface area contributed by atoms with Crippen LogP contribution in [0.1, 0.15) is 0 Å². The summed E-state index contributed by atoms with van der Waals surface area (Å²) in [7, 11) is -3.54. The number of rotatable bonds is 4. The van der Waals surface area contributed by atoms with Gasteiger partial charge in [-0.2, -0.15) is 0 Å². The highest BCUT2D eigenvalue weighted by atomic mass is 32.2. The number of amides is 1. The van der Waals surface area contributed by atoms with Crippen molar-refractivity contribution in [2.75, 3.05) is 45.7 Å². The highest BCUT2D eigenvalue weighted by Crippen LogP contribution is 1.95. The van der Waals surface area contributed by atoms with Crippen LogP contribution < -0.4 is 4.72 Å². The van der Waals surface area contributed by atoms with Crippen molar-refractivity contribution in [3.8, 4) is 0 Å². The van der Waals surface area contributed by atoms with Crippen LogP contribution in [0.2, 0.25) is 0 Å². The van der Waals surface area contributed by atoms with E-state index in [1.807, 2.05) is 0 Å². The van der Waals surface area contributed by atoms with Gasteiger partial charge in [-0.1, -0.05) is 0 Å². The Balaban J connectivity index is 2.12. The fourth-order valence-electron chi connectivity index (χ4n) is 1.27. The lowest BCUT2D eigenvalue weighted by atomic mass is 10.4. The van der Waals surface area contributed by atoms with Crippen LogP contribution in [-0.4, -0.2) is 65.1 Å². The zero-order chi connectivity index (χ0) is 12.0. The molecule has 0 atom stereocenters. The van der Waals surface area contributed by atoms with Crippen molar-refractivity contribution in [1.82, 2.24) is 9.62 Å². The largest absolute Gasteiger partial charge is 0.447 e. The zero-order valence-electron chi connectivity index (χ0n) is 9.14. The summed E-state index contributed by atoms with van der Waals surface area (Å²) in [5.74, 6) is 0. The Hall–Kier alpha value is -0.860. The second-order valence-corrected chi connectivity index (χ2v) is 5.21. The van der Waals surface area contributed by atoms with E-state index < -0.39 is 16.1 Å². The van der Waals surface area contributed by atoms with E-state index in [2.05, 4.69) is 4.90 Å². The number of ether oxygens (including phenoxy) is 2. The monoisotopic (exact) mass is 252 g/mol. The Labute approximate surface area is 94.7 Å². The average molecular weight is 252 g/mol. The maximum Gasteiger partial charge on any atom is 0.420 e. The van der Waals surface area contributed by atoms with Gasteiger partial charge in [-0.3, -0.25) is 4.90 Å². The van der Waals surface area contributed by atoms with Gasteiger partial charge in [-0.05, 0) is 0 Å². The van der Waals surface area contributed by atoms with Crippen molar-refractivity contribution >= 4 is 16.1 Å². The molecule has 1 aliphatic heterocycles. The maximum atomic E-state index is 10.9. The van der Waals surface area contributed by atoms with Gasteiger partial charge in [0.05, 0.1) is 19.5 Å². The molecule has 0 spiro atoms. The highest BCUT2D eigenvalue weighted by molar-refractivity contribution is 7.89. The Kier molecular flexibility index (Phi) is 4.97. The predicted octanol–water partition coefficient (Wildman–Crippen LogP) is -0.996. The van der Waals surface area contributed by atoms with E-state index in [4.69, 9.17) is 9.47 Å². The molecule has 0 aromatic rings. The number of carbonyl (C=O) groups excluding carboxylic acids is 1. The molecule has 0 aromatic carbocycles. The summed E-state index contributed by atoms with van der Waals surface area (Å²) < 4.78 is 32.9. The van der Waals surface area contributed by atoms with Crippen molar-refractivity contribution in [2.45, 2.75) is 0 Å². The van der Waals surface area contributed by atoms with E-state index in [1.165, 1.54) is 0 Å². The molecule has 1 amide bonds. The van der Waals surface area contributed by atoms with Gasteiger partial charge in [-0.25, -0.2) is 17.9 Å². The summed E-state index contributed by atoms with van der Waals surface area (Å²) in [5.41, 5.74) is 0. The highest BCUT2D eigenvalue weighted by Gasteiger charge is 2.12. The molecule has 7 nitrogen and oxygen atoms in total. The van der Waals surface area contributed by atoms with Gasteiger partial charge in [0.15, 0.2) is 0 Å². The molecular weight excluding hydrogens is 236 g/mol. The van der Waals surface area contributed by atoms with Gasteiger partial charge < -0.3 is 9.47 Å². The molecule has 16 heavy (non-hydrogen) atoms. The average Bonchev–Trinajstić information content (AvgIpc) is 2.16. The van der Waals surface area contributed by atoms with Crippen LogP contribution >= 0.6 is 0 Å². The van der Waals surface area contributed by atoms with Crippen molar-refractivity contribution in [2.24, 2.45) is 0 Å². The van der Waals surface area contributed by atoms with Crippen LogP contribution in [0, 0.1) is 0 Å². The summed E-state index contributed by atoms with van der Waals surface area (Å²) in [6, 6.07) is 0. The number of carbonyl (C=O) groups is 1. The predicted molar refractivity (Wildman–Crippen MR) is 56.6 cm³/mol. The Morgan fingerprint density at radius 3 is 2.62 bits per heavy atom. The third-order valence-corrected chi connectivity index (χ3v) is 2.55. The summed E-state index contributed by atoms with van der Waals surface area (Å²) in [4.78, 5) is 13.0. The molecule has 0 aromatic heterocycles. The minimum atomic E-state index is -3.54. The number of morpholine rings is 1. The summed E-state index contributed by atoms with van der Waals surface area (Å²) in [6.07, 6.45) is -0.0354. The normalized spacial score (nSPS) is 18.1. The number of sulfonamides is 1. The Morgan fingerprint density at radius 1 is 1.44 bits per heavy atom. The number of nitrogens with zero attached hydrogens (tertiary/aromatic N) is 1. The summed E-state index contributed by atoms with van der Waals surface area (Å²) in [5, 5.41) is 0. The molecule has 0 saturated carbocycles. The van der Waals surface area contributed by atoms with E-state index in [1.54, 1.807) is 4.72 Å². The van der Waals surface area contributed by atoms with Crippen molar-refractivity contribution in [3.05, 3.63) is 0 Å². The quantitative estimate of drug-likeness (QED) is 0.691. The van der Waals surface area contributed by atoms with E-state index in [0.29, 0.717) is 19.8 Å². The second-order valence-electron chi connectivity index (χ2n) is 3.46. The van der Waals surface area contributed by atoms with E-state index >= 15 is 0 Å². The molecule has 1 aliphatic rings. The standard InChI is InChI=1S/C8H16N2O5S/c1-16(12,13)9-8(11)15-7-4-10-2-5-14-6-3-10/h2-7H2,1H3,(H,9,11). The first-order chi connectivity index (χ1) is 7.47. The van der Waals surface area contributed by atoms with Crippen molar-refractivity contribution in [1.29, 1.82) is 0 Å². The van der Waals surface area contributed by atoms with Gasteiger partial charge in [-0.15, -0.1) is 0 Å². The molecule has 94 valence electrons. The maximum absolute atomic E-state index is 10.9. The summed E-state index contributed by atoms with van der Waals surface area (Å²) in [6.45, 7) is 3.71. The van der Waals surface area contributed by atoms with Gasteiger partial charge >= 0.3 is 6.09 Å². The minimum absolute atomic E-state index is 0.168. The fraction of sp³-hybridized carbons (Fsp3) is 0.875. The molecule has 1 rings (SSSR count). The third-order valence-electron chi connectivity index (χ3n) is 2.01. The molecular formula is C8H16N2O5S. The molecule has 0 radical (unpaired) electrons. The number of hydrogen-bond acceptors (Lipinski definition) is 6. The van der Waals surface area contributed by atoms with Gasteiger partial charge in [0, 0.05) is 19.6 Å². The smallest absolute Gasteiger partial charge is 0.420 e. The molecule has 8 heteroatoms. The van der Waals surface area contributed by atoms with Crippen LogP contribution in [0.25, 0.3) is 0 Å². The van der Waals surface area contributed by atoms with Crippen LogP contribution in [0.15, 0.2) is 0 Å². The fourth-order valence-corrected chi connectivity index (χ4v) is 1.63. The number of nitrogens with one attached hydrogen (secondary N) is 1. The summed E-state index contributed by atoms with van der Waals surface area (Å²) >= 11 is 0. The zero-order valence-corrected chi connectivity index (χ0v) is 9.96. The van der Waals surface area contributed by atoms with Crippen LogP contribution in [0.5, 0.6) is 0 Å². The minimum Gasteiger partial charge on any atom is -0.447 e. The second kappa shape index (κ2) is 6.02. The van der Waals surface area contributed by atoms with Gasteiger partial charge in [0.2, 0.25) is 10.0 Å².